The van der Waals surface area contributed by atoms with Crippen molar-refractivity contribution in [1.82, 2.24) is 4.90 Å². The molecule has 0 aromatic heterocycles. The number of hydrogen-bond acceptors (Lipinski definition) is 2. The SMILES string of the molecule is CC1(C)CN(C(=O)Cl)CCS1. The summed E-state index contributed by atoms with van der Waals surface area (Å²) >= 11 is 7.25. The number of carbonyl (C=O) groups excluding carboxylic acids is 1. The van der Waals surface area contributed by atoms with Crippen molar-refractivity contribution < 1.29 is 4.79 Å². The standard InChI is InChI=1S/C7H12ClNOS/c1-7(2)5-9(6(8)10)3-4-11-7/h3-5H2,1-2H3. The predicted molar refractivity (Wildman–Crippen MR) is 49.4 cm³/mol. The molecule has 0 aromatic rings. The van der Waals surface area contributed by atoms with Gasteiger partial charge in [-0.15, -0.1) is 0 Å². The van der Waals surface area contributed by atoms with E-state index in [2.05, 4.69) is 13.8 Å². The second-order valence-corrected chi connectivity index (χ2v) is 5.41. The Kier molecular flexibility index (Phi) is 2.70. The van der Waals surface area contributed by atoms with Gasteiger partial charge in [0.05, 0.1) is 0 Å². The third-order valence-electron chi connectivity index (χ3n) is 1.67. The summed E-state index contributed by atoms with van der Waals surface area (Å²) in [5.41, 5.74) is 0. The van der Waals surface area contributed by atoms with Crippen molar-refractivity contribution in [3.05, 3.63) is 0 Å². The Morgan fingerprint density at radius 1 is 1.64 bits per heavy atom. The van der Waals surface area contributed by atoms with Gasteiger partial charge in [0.25, 0.3) is 0 Å². The summed E-state index contributed by atoms with van der Waals surface area (Å²) in [6.45, 7) is 5.81. The summed E-state index contributed by atoms with van der Waals surface area (Å²) in [5, 5.41) is -0.321. The highest BCUT2D eigenvalue weighted by atomic mass is 35.5. The summed E-state index contributed by atoms with van der Waals surface area (Å²) in [6.07, 6.45) is 0. The lowest BCUT2D eigenvalue weighted by Gasteiger charge is -2.36. The molecule has 1 amide bonds. The van der Waals surface area contributed by atoms with Gasteiger partial charge in [-0.05, 0) is 25.4 Å². The first-order valence-corrected chi connectivity index (χ1v) is 4.96. The molecule has 64 valence electrons. The van der Waals surface area contributed by atoms with E-state index in [1.54, 1.807) is 4.90 Å². The average molecular weight is 194 g/mol. The van der Waals surface area contributed by atoms with Gasteiger partial charge in [0, 0.05) is 23.6 Å². The van der Waals surface area contributed by atoms with Gasteiger partial charge in [-0.1, -0.05) is 0 Å². The zero-order valence-electron chi connectivity index (χ0n) is 6.76. The van der Waals surface area contributed by atoms with E-state index in [1.165, 1.54) is 0 Å². The molecule has 1 aliphatic heterocycles. The van der Waals surface area contributed by atoms with E-state index in [9.17, 15) is 4.79 Å². The third-order valence-corrected chi connectivity index (χ3v) is 3.21. The normalized spacial score (nSPS) is 23.4. The molecule has 1 aliphatic rings. The van der Waals surface area contributed by atoms with Gasteiger partial charge in [0.15, 0.2) is 0 Å². The van der Waals surface area contributed by atoms with Gasteiger partial charge < -0.3 is 4.90 Å². The summed E-state index contributed by atoms with van der Waals surface area (Å²) in [6, 6.07) is 0. The second-order valence-electron chi connectivity index (χ2n) is 3.28. The minimum absolute atomic E-state index is 0.169. The summed E-state index contributed by atoms with van der Waals surface area (Å²) in [7, 11) is 0. The third kappa shape index (κ3) is 2.56. The van der Waals surface area contributed by atoms with Gasteiger partial charge in [-0.3, -0.25) is 4.79 Å². The molecule has 0 saturated carbocycles. The monoisotopic (exact) mass is 193 g/mol. The minimum Gasteiger partial charge on any atom is -0.327 e. The van der Waals surface area contributed by atoms with Crippen LogP contribution < -0.4 is 0 Å². The van der Waals surface area contributed by atoms with Gasteiger partial charge in [-0.2, -0.15) is 11.8 Å². The van der Waals surface area contributed by atoms with Crippen molar-refractivity contribution in [2.24, 2.45) is 0 Å². The van der Waals surface area contributed by atoms with Gasteiger partial charge >= 0.3 is 5.37 Å². The van der Waals surface area contributed by atoms with Crippen LogP contribution in [-0.2, 0) is 0 Å². The van der Waals surface area contributed by atoms with E-state index in [0.29, 0.717) is 0 Å². The lowest BCUT2D eigenvalue weighted by Crippen LogP contribution is -2.44. The Balaban J connectivity index is 2.53. The number of halogens is 1. The predicted octanol–water partition coefficient (Wildman–Crippen LogP) is 2.17. The first-order chi connectivity index (χ1) is 5.01. The zero-order chi connectivity index (χ0) is 8.48. The second kappa shape index (κ2) is 3.23. The first-order valence-electron chi connectivity index (χ1n) is 3.60. The Morgan fingerprint density at radius 3 is 2.64 bits per heavy atom. The van der Waals surface area contributed by atoms with Crippen LogP contribution in [0.5, 0.6) is 0 Å². The van der Waals surface area contributed by atoms with Crippen molar-refractivity contribution in [2.45, 2.75) is 18.6 Å². The maximum Gasteiger partial charge on any atom is 0.316 e. The van der Waals surface area contributed by atoms with Crippen LogP contribution in [-0.4, -0.2) is 33.9 Å². The van der Waals surface area contributed by atoms with Gasteiger partial charge in [0.2, 0.25) is 0 Å². The van der Waals surface area contributed by atoms with Crippen molar-refractivity contribution in [3.8, 4) is 0 Å². The average Bonchev–Trinajstić information content (AvgIpc) is 1.85. The highest BCUT2D eigenvalue weighted by molar-refractivity contribution is 8.00. The molecular weight excluding hydrogens is 182 g/mol. The molecule has 0 N–H and O–H groups in total. The quantitative estimate of drug-likeness (QED) is 0.434. The van der Waals surface area contributed by atoms with Crippen molar-refractivity contribution in [1.29, 1.82) is 0 Å². The number of hydrogen-bond donors (Lipinski definition) is 0. The molecular formula is C7H12ClNOS. The van der Waals surface area contributed by atoms with Crippen LogP contribution >= 0.6 is 23.4 Å². The topological polar surface area (TPSA) is 20.3 Å². The molecule has 0 unspecified atom stereocenters. The highest BCUT2D eigenvalue weighted by Gasteiger charge is 2.28. The molecule has 1 rings (SSSR count). The first kappa shape index (κ1) is 9.20. The van der Waals surface area contributed by atoms with Crippen LogP contribution in [0.4, 0.5) is 4.79 Å². The number of amides is 1. The molecule has 1 saturated heterocycles. The van der Waals surface area contributed by atoms with Crippen molar-refractivity contribution >= 4 is 28.7 Å². The largest absolute Gasteiger partial charge is 0.327 e. The number of thioether (sulfide) groups is 1. The van der Waals surface area contributed by atoms with Crippen LogP contribution in [0.1, 0.15) is 13.8 Å². The summed E-state index contributed by atoms with van der Waals surface area (Å²) < 4.78 is 0.169. The molecule has 4 heteroatoms. The summed E-state index contributed by atoms with van der Waals surface area (Å²) in [5.74, 6) is 0.992. The zero-order valence-corrected chi connectivity index (χ0v) is 8.34. The lowest BCUT2D eigenvalue weighted by molar-refractivity contribution is 0.218. The Labute approximate surface area is 76.3 Å². The molecule has 0 bridgehead atoms. The molecule has 0 aliphatic carbocycles. The Morgan fingerprint density at radius 2 is 2.27 bits per heavy atom. The molecule has 0 atom stereocenters. The fraction of sp³-hybridized carbons (Fsp3) is 0.857. The molecule has 0 aromatic carbocycles. The number of carbonyl (C=O) groups is 1. The molecule has 0 spiro atoms. The van der Waals surface area contributed by atoms with E-state index in [1.807, 2.05) is 11.8 Å². The van der Waals surface area contributed by atoms with Crippen molar-refractivity contribution in [2.75, 3.05) is 18.8 Å². The molecule has 1 heterocycles. The van der Waals surface area contributed by atoms with Gasteiger partial charge in [-0.25, -0.2) is 0 Å². The van der Waals surface area contributed by atoms with E-state index in [-0.39, 0.29) is 10.1 Å². The van der Waals surface area contributed by atoms with E-state index < -0.39 is 0 Å². The smallest absolute Gasteiger partial charge is 0.316 e. The lowest BCUT2D eigenvalue weighted by atomic mass is 10.2. The van der Waals surface area contributed by atoms with Crippen LogP contribution in [0.2, 0.25) is 0 Å². The van der Waals surface area contributed by atoms with E-state index >= 15 is 0 Å². The number of rotatable bonds is 0. The van der Waals surface area contributed by atoms with E-state index in [4.69, 9.17) is 11.6 Å². The fourth-order valence-corrected chi connectivity index (χ4v) is 2.42. The maximum absolute atomic E-state index is 10.8. The van der Waals surface area contributed by atoms with Gasteiger partial charge in [0.1, 0.15) is 0 Å². The fourth-order valence-electron chi connectivity index (χ4n) is 1.17. The van der Waals surface area contributed by atoms with Crippen molar-refractivity contribution in [3.63, 3.8) is 0 Å². The Hall–Kier alpha value is 0.110. The molecule has 0 radical (unpaired) electrons. The number of nitrogens with zero attached hydrogens (tertiary/aromatic N) is 1. The van der Waals surface area contributed by atoms with Crippen LogP contribution in [0, 0.1) is 0 Å². The molecule has 1 fully saturated rings. The maximum atomic E-state index is 10.8. The highest BCUT2D eigenvalue weighted by Crippen LogP contribution is 2.29. The summed E-state index contributed by atoms with van der Waals surface area (Å²) in [4.78, 5) is 12.5. The van der Waals surface area contributed by atoms with Crippen LogP contribution in [0.15, 0.2) is 0 Å². The van der Waals surface area contributed by atoms with Crippen LogP contribution in [0.25, 0.3) is 0 Å². The molecule has 11 heavy (non-hydrogen) atoms. The Bertz CT molecular complexity index is 172. The minimum atomic E-state index is -0.321. The van der Waals surface area contributed by atoms with Crippen LogP contribution in [0.3, 0.4) is 0 Å². The van der Waals surface area contributed by atoms with E-state index in [0.717, 1.165) is 18.8 Å². The molecule has 2 nitrogen and oxygen atoms in total.